The normalized spacial score (nSPS) is 70.2. The number of rotatable bonds is 0. The van der Waals surface area contributed by atoms with E-state index in [1.807, 2.05) is 0 Å². The lowest BCUT2D eigenvalue weighted by atomic mass is 9.34. The van der Waals surface area contributed by atoms with Crippen molar-refractivity contribution in [1.29, 1.82) is 0 Å². The molecular weight excluding hydrogens is 122 g/mol. The minimum Gasteiger partial charge on any atom is -0.310 e. The van der Waals surface area contributed by atoms with E-state index in [2.05, 4.69) is 19.2 Å². The lowest BCUT2D eigenvalue weighted by molar-refractivity contribution is -0.248. The molecule has 10 heavy (non-hydrogen) atoms. The van der Waals surface area contributed by atoms with Gasteiger partial charge in [-0.15, -0.1) is 0 Å². The van der Waals surface area contributed by atoms with Crippen LogP contribution in [-0.2, 0) is 0 Å². The summed E-state index contributed by atoms with van der Waals surface area (Å²) in [5, 5.41) is 3.61. The lowest BCUT2D eigenvalue weighted by Gasteiger charge is -2.78. The van der Waals surface area contributed by atoms with Gasteiger partial charge in [0.2, 0.25) is 0 Å². The molecule has 2 saturated carbocycles. The molecule has 5 unspecified atom stereocenters. The zero-order valence-corrected chi connectivity index (χ0v) is 6.72. The van der Waals surface area contributed by atoms with Gasteiger partial charge in [-0.1, -0.05) is 6.92 Å². The smallest absolute Gasteiger partial charge is 0.0172 e. The first-order valence-corrected chi connectivity index (χ1v) is 4.53. The first kappa shape index (κ1) is 5.59. The fourth-order valence-corrected chi connectivity index (χ4v) is 3.83. The third-order valence-corrected chi connectivity index (χ3v) is 4.55. The highest BCUT2D eigenvalue weighted by atomic mass is 15.2. The van der Waals surface area contributed by atoms with Crippen LogP contribution >= 0.6 is 0 Å². The first-order valence-electron chi connectivity index (χ1n) is 4.53. The Labute approximate surface area is 62.2 Å². The molecule has 1 nitrogen and oxygen atoms in total. The maximum atomic E-state index is 3.61. The third-order valence-electron chi connectivity index (χ3n) is 4.55. The Morgan fingerprint density at radius 3 is 2.50 bits per heavy atom. The van der Waals surface area contributed by atoms with Crippen molar-refractivity contribution in [3.63, 3.8) is 0 Å². The molecular formula is C9H15N. The van der Waals surface area contributed by atoms with Gasteiger partial charge in [-0.25, -0.2) is 0 Å². The van der Waals surface area contributed by atoms with E-state index in [4.69, 9.17) is 0 Å². The Balaban J connectivity index is 1.92. The van der Waals surface area contributed by atoms with E-state index in [1.54, 1.807) is 0 Å². The molecule has 1 heteroatoms. The van der Waals surface area contributed by atoms with Gasteiger partial charge >= 0.3 is 0 Å². The van der Waals surface area contributed by atoms with Crippen LogP contribution in [0, 0.1) is 17.3 Å². The second-order valence-corrected chi connectivity index (χ2v) is 4.48. The summed E-state index contributed by atoms with van der Waals surface area (Å²) in [6.07, 6.45) is 3.03. The van der Waals surface area contributed by atoms with E-state index in [0.29, 0.717) is 0 Å². The molecule has 3 aliphatic rings. The quantitative estimate of drug-likeness (QED) is 0.532. The first-order chi connectivity index (χ1) is 4.77. The maximum absolute atomic E-state index is 3.61. The molecule has 1 heterocycles. The summed E-state index contributed by atoms with van der Waals surface area (Å²) >= 11 is 0. The summed E-state index contributed by atoms with van der Waals surface area (Å²) in [6, 6.07) is 1.76. The molecule has 0 aromatic heterocycles. The largest absolute Gasteiger partial charge is 0.310 e. The van der Waals surface area contributed by atoms with E-state index in [1.165, 1.54) is 12.8 Å². The van der Waals surface area contributed by atoms with Crippen molar-refractivity contribution in [2.75, 3.05) is 0 Å². The number of hydrogen-bond acceptors (Lipinski definition) is 1. The maximum Gasteiger partial charge on any atom is 0.0172 e. The van der Waals surface area contributed by atoms with Crippen LogP contribution in [0.15, 0.2) is 0 Å². The van der Waals surface area contributed by atoms with Crippen molar-refractivity contribution in [2.24, 2.45) is 17.3 Å². The lowest BCUT2D eigenvalue weighted by Crippen LogP contribution is -2.86. The molecule has 0 aromatic carbocycles. The van der Waals surface area contributed by atoms with Gasteiger partial charge in [0.1, 0.15) is 0 Å². The number of piperidine rings is 1. The summed E-state index contributed by atoms with van der Waals surface area (Å²) in [6.45, 7) is 4.76. The van der Waals surface area contributed by atoms with E-state index in [-0.39, 0.29) is 0 Å². The minimum atomic E-state index is 0.819. The van der Waals surface area contributed by atoms with Gasteiger partial charge in [0.05, 0.1) is 0 Å². The van der Waals surface area contributed by atoms with Gasteiger partial charge in [0.15, 0.2) is 0 Å². The van der Waals surface area contributed by atoms with Crippen LogP contribution in [0.1, 0.15) is 26.7 Å². The molecule has 0 bridgehead atoms. The Kier molecular flexibility index (Phi) is 0.722. The predicted octanol–water partition coefficient (Wildman–Crippen LogP) is 1.39. The molecule has 3 rings (SSSR count). The van der Waals surface area contributed by atoms with Crippen LogP contribution in [0.3, 0.4) is 0 Å². The van der Waals surface area contributed by atoms with E-state index in [9.17, 15) is 0 Å². The molecule has 1 saturated heterocycles. The van der Waals surface area contributed by atoms with Crippen LogP contribution in [-0.4, -0.2) is 12.1 Å². The van der Waals surface area contributed by atoms with E-state index >= 15 is 0 Å². The Morgan fingerprint density at radius 1 is 1.40 bits per heavy atom. The predicted molar refractivity (Wildman–Crippen MR) is 40.7 cm³/mol. The van der Waals surface area contributed by atoms with Crippen LogP contribution in [0.5, 0.6) is 0 Å². The summed E-state index contributed by atoms with van der Waals surface area (Å²) in [5.74, 6) is 2.10. The standard InChI is InChI=1S/C9H15N/c1-5-7-3-4-9(7)6(2)10-8(5)9/h5-8,10H,3-4H2,1-2H3. The van der Waals surface area contributed by atoms with Crippen molar-refractivity contribution in [3.8, 4) is 0 Å². The number of nitrogens with one attached hydrogen (secondary N) is 1. The number of hydrogen-bond donors (Lipinski definition) is 1. The zero-order valence-electron chi connectivity index (χ0n) is 6.72. The van der Waals surface area contributed by atoms with Crippen molar-refractivity contribution in [2.45, 2.75) is 38.8 Å². The highest BCUT2D eigenvalue weighted by Crippen LogP contribution is 2.70. The van der Waals surface area contributed by atoms with Gasteiger partial charge in [-0.3, -0.25) is 0 Å². The average molecular weight is 137 g/mol. The molecule has 5 atom stereocenters. The molecule has 56 valence electrons. The Morgan fingerprint density at radius 2 is 2.20 bits per heavy atom. The Hall–Kier alpha value is -0.0400. The Bertz CT molecular complexity index is 181. The van der Waals surface area contributed by atoms with E-state index < -0.39 is 0 Å². The summed E-state index contributed by atoms with van der Waals surface area (Å²) in [7, 11) is 0. The fraction of sp³-hybridized carbons (Fsp3) is 1.00. The van der Waals surface area contributed by atoms with Crippen molar-refractivity contribution < 1.29 is 0 Å². The summed E-state index contributed by atoms with van der Waals surface area (Å²) in [5.41, 5.74) is 0.819. The van der Waals surface area contributed by atoms with Gasteiger partial charge in [-0.2, -0.15) is 0 Å². The van der Waals surface area contributed by atoms with Crippen LogP contribution in [0.2, 0.25) is 0 Å². The van der Waals surface area contributed by atoms with Gasteiger partial charge < -0.3 is 5.32 Å². The summed E-state index contributed by atoms with van der Waals surface area (Å²) in [4.78, 5) is 0. The monoisotopic (exact) mass is 137 g/mol. The molecule has 1 aliphatic heterocycles. The van der Waals surface area contributed by atoms with Crippen molar-refractivity contribution in [3.05, 3.63) is 0 Å². The fourth-order valence-electron chi connectivity index (χ4n) is 3.83. The highest BCUT2D eigenvalue weighted by molar-refractivity contribution is 5.26. The van der Waals surface area contributed by atoms with Crippen LogP contribution in [0.25, 0.3) is 0 Å². The molecule has 0 amide bonds. The second-order valence-electron chi connectivity index (χ2n) is 4.48. The second kappa shape index (κ2) is 1.29. The zero-order chi connectivity index (χ0) is 6.93. The molecule has 0 radical (unpaired) electrons. The van der Waals surface area contributed by atoms with Crippen LogP contribution in [0.4, 0.5) is 0 Å². The third kappa shape index (κ3) is 0.298. The summed E-state index contributed by atoms with van der Waals surface area (Å²) < 4.78 is 0. The molecule has 1 N–H and O–H groups in total. The van der Waals surface area contributed by atoms with Crippen LogP contribution < -0.4 is 5.32 Å². The SMILES string of the molecule is CC1C2CCC23C(C)NC13. The van der Waals surface area contributed by atoms with Crippen molar-refractivity contribution >= 4 is 0 Å². The molecule has 1 spiro atoms. The average Bonchev–Trinajstić information content (AvgIpc) is 1.79. The molecule has 2 aliphatic carbocycles. The highest BCUT2D eigenvalue weighted by Gasteiger charge is 2.72. The van der Waals surface area contributed by atoms with E-state index in [0.717, 1.165) is 29.3 Å². The van der Waals surface area contributed by atoms with Gasteiger partial charge in [0, 0.05) is 17.5 Å². The van der Waals surface area contributed by atoms with Crippen molar-refractivity contribution in [1.82, 2.24) is 5.32 Å². The molecule has 0 aromatic rings. The van der Waals surface area contributed by atoms with Gasteiger partial charge in [0.25, 0.3) is 0 Å². The minimum absolute atomic E-state index is 0.819. The molecule has 3 fully saturated rings. The van der Waals surface area contributed by atoms with Gasteiger partial charge in [-0.05, 0) is 31.6 Å². The topological polar surface area (TPSA) is 12.0 Å².